The number of allylic oxidation sites excluding steroid dienone is 6. The van der Waals surface area contributed by atoms with Gasteiger partial charge in [-0.2, -0.15) is 0 Å². The number of Topliss-reactive ketones (excluding diaryl/α,β-unsaturated/α-hetero) is 2. The summed E-state index contributed by atoms with van der Waals surface area (Å²) in [6, 6.07) is -1.22. The minimum absolute atomic E-state index is 0.0394. The topological polar surface area (TPSA) is 200 Å². The molecule has 3 heterocycles. The van der Waals surface area contributed by atoms with E-state index in [9.17, 15) is 34.5 Å². The van der Waals surface area contributed by atoms with Crippen molar-refractivity contribution in [2.45, 2.75) is 186 Å². The highest BCUT2D eigenvalue weighted by Crippen LogP contribution is 2.36. The highest BCUT2D eigenvalue weighted by molar-refractivity contribution is 6.39. The normalized spacial score (nSPS) is 36.4. The third kappa shape index (κ3) is 17.6. The van der Waals surface area contributed by atoms with Crippen molar-refractivity contribution in [3.05, 3.63) is 47.6 Å². The van der Waals surface area contributed by atoms with Crippen molar-refractivity contribution >= 4 is 23.4 Å². The molecule has 14 unspecified atom stereocenters. The minimum Gasteiger partial charge on any atom is -0.461 e. The number of esters is 1. The van der Waals surface area contributed by atoms with Gasteiger partial charge in [0.2, 0.25) is 5.79 Å². The summed E-state index contributed by atoms with van der Waals surface area (Å²) < 4.78 is 35.4. The standard InChI is InChI=1S/C54H88N2O13/c1-35-16-11-10-12-17-37(3)43(55-25-28-64-7)34-42-18-15-24-54(63,69-42)51(60)52(61)56-26-14-13-19-44(56)53(62)68-45(38(4)32-41-21-23-46(67-29-27-57)47(33-41)65-8)22-20-36(2)31-40(6)49(59)50(66-9)48(58)39(5)30-35/h10-12,16-17,31,35-36,38-39,41-47,49-50,55,57,59,63H,13-15,18-30,32-34H2,1-9H3/b12-10?,16-11+,37-17?,40-31+. The lowest BCUT2D eigenvalue weighted by Crippen LogP contribution is -2.58. The van der Waals surface area contributed by atoms with Gasteiger partial charge in [0, 0.05) is 52.8 Å². The molecule has 0 aromatic heterocycles. The average Bonchev–Trinajstić information content (AvgIpc) is 3.33. The lowest BCUT2D eigenvalue weighted by atomic mass is 9.78. The third-order valence-electron chi connectivity index (χ3n) is 14.9. The van der Waals surface area contributed by atoms with Crippen LogP contribution in [0.25, 0.3) is 0 Å². The van der Waals surface area contributed by atoms with E-state index in [0.29, 0.717) is 76.5 Å². The number of hydrogen-bond donors (Lipinski definition) is 4. The number of nitrogens with zero attached hydrogens (tertiary/aromatic N) is 1. The number of carbonyl (C=O) groups excluding carboxylic acids is 4. The van der Waals surface area contributed by atoms with Crippen LogP contribution in [0.5, 0.6) is 0 Å². The fourth-order valence-electron chi connectivity index (χ4n) is 10.8. The van der Waals surface area contributed by atoms with Gasteiger partial charge in [-0.25, -0.2) is 4.79 Å². The zero-order chi connectivity index (χ0) is 50.7. The number of ether oxygens (including phenoxy) is 6. The van der Waals surface area contributed by atoms with Gasteiger partial charge in [-0.1, -0.05) is 69.7 Å². The fourth-order valence-corrected chi connectivity index (χ4v) is 10.8. The Labute approximate surface area is 412 Å². The first-order valence-electron chi connectivity index (χ1n) is 25.8. The van der Waals surface area contributed by atoms with Crippen LogP contribution in [-0.4, -0.2) is 152 Å². The van der Waals surface area contributed by atoms with Crippen molar-refractivity contribution in [2.24, 2.45) is 29.6 Å². The van der Waals surface area contributed by atoms with Crippen LogP contribution in [0.1, 0.15) is 131 Å². The quantitative estimate of drug-likeness (QED) is 0.0729. The Morgan fingerprint density at radius 2 is 1.62 bits per heavy atom. The van der Waals surface area contributed by atoms with Crippen molar-refractivity contribution in [3.63, 3.8) is 0 Å². The number of carbonyl (C=O) groups is 4. The van der Waals surface area contributed by atoms with E-state index in [1.54, 1.807) is 21.1 Å². The first-order valence-corrected chi connectivity index (χ1v) is 25.8. The summed E-state index contributed by atoms with van der Waals surface area (Å²) >= 11 is 0. The van der Waals surface area contributed by atoms with Gasteiger partial charge in [-0.3, -0.25) is 14.4 Å². The van der Waals surface area contributed by atoms with E-state index in [1.807, 2.05) is 64.2 Å². The summed E-state index contributed by atoms with van der Waals surface area (Å²) in [6.45, 7) is 13.2. The van der Waals surface area contributed by atoms with Crippen LogP contribution in [0.15, 0.2) is 47.6 Å². The number of aliphatic hydroxyl groups is 3. The molecule has 0 radical (unpaired) electrons. The number of rotatable bonds is 12. The van der Waals surface area contributed by atoms with E-state index in [2.05, 4.69) is 12.2 Å². The molecular formula is C54H88N2O13. The number of fused-ring (bicyclic) bond motifs is 3. The second kappa shape index (κ2) is 29.4. The highest BCUT2D eigenvalue weighted by Gasteiger charge is 2.49. The largest absolute Gasteiger partial charge is 0.461 e. The van der Waals surface area contributed by atoms with E-state index in [1.165, 1.54) is 12.0 Å². The van der Waals surface area contributed by atoms with E-state index in [-0.39, 0.29) is 79.8 Å². The number of aliphatic hydroxyl groups excluding tert-OH is 2. The first-order chi connectivity index (χ1) is 33.0. The van der Waals surface area contributed by atoms with Crippen LogP contribution in [0.3, 0.4) is 0 Å². The van der Waals surface area contributed by atoms with E-state index < -0.39 is 53.9 Å². The highest BCUT2D eigenvalue weighted by atomic mass is 16.6. The van der Waals surface area contributed by atoms with Crippen molar-refractivity contribution in [1.29, 1.82) is 0 Å². The van der Waals surface area contributed by atoms with Gasteiger partial charge in [0.25, 0.3) is 11.7 Å². The van der Waals surface area contributed by atoms with Crippen molar-refractivity contribution < 1.29 is 62.9 Å². The molecular weight excluding hydrogens is 885 g/mol. The summed E-state index contributed by atoms with van der Waals surface area (Å²) in [5.74, 6) is -5.35. The van der Waals surface area contributed by atoms with E-state index >= 15 is 0 Å². The number of methoxy groups -OCH3 is 3. The second-order valence-electron chi connectivity index (χ2n) is 20.5. The Kier molecular flexibility index (Phi) is 24.9. The molecule has 3 aliphatic heterocycles. The smallest absolute Gasteiger partial charge is 0.329 e. The molecule has 0 aromatic carbocycles. The molecule has 1 amide bonds. The predicted octanol–water partition coefficient (Wildman–Crippen LogP) is 6.36. The van der Waals surface area contributed by atoms with Gasteiger partial charge in [0.1, 0.15) is 24.4 Å². The Hall–Kier alpha value is -3.12. The number of amides is 1. The molecule has 1 saturated carbocycles. The molecule has 4 rings (SSSR count). The van der Waals surface area contributed by atoms with Crippen LogP contribution in [0.2, 0.25) is 0 Å². The van der Waals surface area contributed by atoms with E-state index in [0.717, 1.165) is 31.3 Å². The molecule has 0 spiro atoms. The average molecular weight is 973 g/mol. The monoisotopic (exact) mass is 973 g/mol. The van der Waals surface area contributed by atoms with Crippen LogP contribution in [0.4, 0.5) is 0 Å². The molecule has 15 nitrogen and oxygen atoms in total. The van der Waals surface area contributed by atoms with Crippen molar-refractivity contribution in [2.75, 3.05) is 54.2 Å². The van der Waals surface area contributed by atoms with E-state index in [4.69, 9.17) is 28.4 Å². The Bertz CT molecular complexity index is 1750. The Morgan fingerprint density at radius 3 is 2.33 bits per heavy atom. The molecule has 14 atom stereocenters. The van der Waals surface area contributed by atoms with Crippen LogP contribution in [-0.2, 0) is 47.6 Å². The zero-order valence-corrected chi connectivity index (χ0v) is 43.3. The number of ketones is 2. The lowest BCUT2D eigenvalue weighted by molar-refractivity contribution is -0.243. The van der Waals surface area contributed by atoms with Gasteiger partial charge in [-0.15, -0.1) is 0 Å². The summed E-state index contributed by atoms with van der Waals surface area (Å²) in [5.41, 5.74) is 1.60. The maximum Gasteiger partial charge on any atom is 0.329 e. The fraction of sp³-hybridized carbons (Fsp3) is 0.778. The van der Waals surface area contributed by atoms with Crippen LogP contribution < -0.4 is 5.32 Å². The number of hydrogen-bond acceptors (Lipinski definition) is 14. The molecule has 1 aliphatic carbocycles. The molecule has 69 heavy (non-hydrogen) atoms. The Morgan fingerprint density at radius 1 is 0.855 bits per heavy atom. The van der Waals surface area contributed by atoms with Gasteiger partial charge in [-0.05, 0) is 127 Å². The SMILES string of the molecule is COCCNC1CC2CCCC(O)(O2)C(=O)C(=O)N2CCCCC2C(=O)OC(C(C)CC2CCC(OCCO)C(OC)C2)CCC(C)/C=C(\C)C(O)C(OC)C(=O)C(C)CC(C)/C=C/C=CC=C1C. The van der Waals surface area contributed by atoms with Crippen LogP contribution in [0, 0.1) is 29.6 Å². The lowest BCUT2D eigenvalue weighted by Gasteiger charge is -2.40. The van der Waals surface area contributed by atoms with Crippen molar-refractivity contribution in [3.8, 4) is 0 Å². The second-order valence-corrected chi connectivity index (χ2v) is 20.5. The molecule has 392 valence electrons. The number of cyclic esters (lactones) is 1. The minimum atomic E-state index is -2.34. The number of piperidine rings is 1. The molecule has 3 fully saturated rings. The molecule has 15 heteroatoms. The summed E-state index contributed by atoms with van der Waals surface area (Å²) in [5, 5.41) is 36.3. The van der Waals surface area contributed by atoms with Gasteiger partial charge >= 0.3 is 5.97 Å². The molecule has 4 aliphatic rings. The van der Waals surface area contributed by atoms with Gasteiger partial charge < -0.3 is 54.0 Å². The van der Waals surface area contributed by atoms with Gasteiger partial charge in [0.15, 0.2) is 5.78 Å². The molecule has 4 N–H and O–H groups in total. The zero-order valence-electron chi connectivity index (χ0n) is 43.3. The number of nitrogens with one attached hydrogen (secondary N) is 1. The molecule has 2 bridgehead atoms. The third-order valence-corrected chi connectivity index (χ3v) is 14.9. The summed E-state index contributed by atoms with van der Waals surface area (Å²) in [7, 11) is 4.75. The summed E-state index contributed by atoms with van der Waals surface area (Å²) in [6.07, 6.45) is 16.0. The first kappa shape index (κ1) is 58.5. The Balaban J connectivity index is 1.66. The molecule has 2 saturated heterocycles. The van der Waals surface area contributed by atoms with Crippen LogP contribution >= 0.6 is 0 Å². The maximum atomic E-state index is 14.5. The summed E-state index contributed by atoms with van der Waals surface area (Å²) in [4.78, 5) is 58.0. The van der Waals surface area contributed by atoms with Crippen molar-refractivity contribution in [1.82, 2.24) is 10.2 Å². The maximum absolute atomic E-state index is 14.5. The predicted molar refractivity (Wildman–Crippen MR) is 264 cm³/mol. The molecule has 0 aromatic rings. The van der Waals surface area contributed by atoms with Gasteiger partial charge in [0.05, 0.1) is 38.1 Å².